The Balaban J connectivity index is 2.38. The number of rotatable bonds is 3. The highest BCUT2D eigenvalue weighted by atomic mass is 16.3. The third kappa shape index (κ3) is 1.86. The Morgan fingerprint density at radius 3 is 3.00 bits per heavy atom. The Morgan fingerprint density at radius 2 is 2.27 bits per heavy atom. The molecule has 4 heteroatoms. The predicted octanol–water partition coefficient (Wildman–Crippen LogP) is 0.989. The summed E-state index contributed by atoms with van der Waals surface area (Å²) in [6.07, 6.45) is 1.54. The molecule has 1 aromatic heterocycles. The van der Waals surface area contributed by atoms with Crippen LogP contribution < -0.4 is 0 Å². The van der Waals surface area contributed by atoms with Crippen LogP contribution in [0.25, 0.3) is 10.9 Å². The van der Waals surface area contributed by atoms with Gasteiger partial charge in [0.05, 0.1) is 17.8 Å². The van der Waals surface area contributed by atoms with Gasteiger partial charge in [0, 0.05) is 25.5 Å². The van der Waals surface area contributed by atoms with Crippen molar-refractivity contribution in [3.05, 3.63) is 30.0 Å². The molecule has 15 heavy (non-hydrogen) atoms. The van der Waals surface area contributed by atoms with Crippen LogP contribution in [0.2, 0.25) is 0 Å². The van der Waals surface area contributed by atoms with Gasteiger partial charge in [-0.3, -0.25) is 4.68 Å². The predicted molar refractivity (Wildman–Crippen MR) is 57.4 cm³/mol. The maximum atomic E-state index is 9.70. The number of hydrogen-bond acceptors (Lipinski definition) is 3. The molecule has 80 valence electrons. The molecule has 0 aliphatic carbocycles. The van der Waals surface area contributed by atoms with Crippen LogP contribution in [0.1, 0.15) is 18.1 Å². The van der Waals surface area contributed by atoms with Gasteiger partial charge in [0.15, 0.2) is 0 Å². The number of fused-ring (bicyclic) bond motifs is 1. The lowest BCUT2D eigenvalue weighted by Crippen LogP contribution is -1.99. The van der Waals surface area contributed by atoms with Crippen LogP contribution in [0.3, 0.4) is 0 Å². The summed E-state index contributed by atoms with van der Waals surface area (Å²) in [5.74, 6) is 0. The molecule has 4 nitrogen and oxygen atoms in total. The molecule has 0 amide bonds. The number of hydrogen-bond donors (Lipinski definition) is 2. The largest absolute Gasteiger partial charge is 0.396 e. The van der Waals surface area contributed by atoms with Crippen molar-refractivity contribution < 1.29 is 10.2 Å². The van der Waals surface area contributed by atoms with E-state index in [1.807, 2.05) is 25.2 Å². The first kappa shape index (κ1) is 10.1. The van der Waals surface area contributed by atoms with Crippen molar-refractivity contribution in [3.8, 4) is 0 Å². The molecule has 0 spiro atoms. The summed E-state index contributed by atoms with van der Waals surface area (Å²) in [6, 6.07) is 5.70. The molecule has 2 aromatic rings. The highest BCUT2D eigenvalue weighted by Crippen LogP contribution is 2.21. The van der Waals surface area contributed by atoms with Crippen molar-refractivity contribution in [2.75, 3.05) is 6.61 Å². The van der Waals surface area contributed by atoms with Crippen molar-refractivity contribution in [3.63, 3.8) is 0 Å². The summed E-state index contributed by atoms with van der Waals surface area (Å²) in [4.78, 5) is 0. The van der Waals surface area contributed by atoms with E-state index in [1.54, 1.807) is 10.9 Å². The Hall–Kier alpha value is -1.39. The summed E-state index contributed by atoms with van der Waals surface area (Å²) in [7, 11) is 1.88. The van der Waals surface area contributed by atoms with Crippen molar-refractivity contribution in [1.29, 1.82) is 0 Å². The number of aliphatic hydroxyl groups is 2. The van der Waals surface area contributed by atoms with Crippen LogP contribution in [0.4, 0.5) is 0 Å². The number of benzene rings is 1. The van der Waals surface area contributed by atoms with Gasteiger partial charge in [-0.05, 0) is 17.7 Å². The summed E-state index contributed by atoms with van der Waals surface area (Å²) >= 11 is 0. The maximum absolute atomic E-state index is 9.70. The van der Waals surface area contributed by atoms with Gasteiger partial charge in [-0.15, -0.1) is 0 Å². The molecule has 0 saturated heterocycles. The fraction of sp³-hybridized carbons (Fsp3) is 0.364. The monoisotopic (exact) mass is 206 g/mol. The lowest BCUT2D eigenvalue weighted by atomic mass is 10.1. The van der Waals surface area contributed by atoms with Crippen molar-refractivity contribution >= 4 is 10.9 Å². The molecule has 2 rings (SSSR count). The van der Waals surface area contributed by atoms with Gasteiger partial charge in [-0.25, -0.2) is 0 Å². The highest BCUT2D eigenvalue weighted by molar-refractivity contribution is 5.79. The van der Waals surface area contributed by atoms with Crippen molar-refractivity contribution in [1.82, 2.24) is 9.78 Å². The fourth-order valence-corrected chi connectivity index (χ4v) is 1.68. The molecule has 0 aliphatic rings. The fourth-order valence-electron chi connectivity index (χ4n) is 1.68. The third-order valence-corrected chi connectivity index (χ3v) is 2.56. The summed E-state index contributed by atoms with van der Waals surface area (Å²) in [6.45, 7) is -0.00769. The van der Waals surface area contributed by atoms with Crippen LogP contribution in [0.15, 0.2) is 24.4 Å². The molecular weight excluding hydrogens is 192 g/mol. The van der Waals surface area contributed by atoms with Gasteiger partial charge < -0.3 is 10.2 Å². The SMILES string of the molecule is Cn1ncc2cc(C(O)CCO)ccc21. The summed E-state index contributed by atoms with van der Waals surface area (Å²) < 4.78 is 1.79. The number of aromatic nitrogens is 2. The van der Waals surface area contributed by atoms with Gasteiger partial charge in [0.2, 0.25) is 0 Å². The number of aryl methyl sites for hydroxylation is 1. The zero-order valence-corrected chi connectivity index (χ0v) is 8.59. The van der Waals surface area contributed by atoms with Gasteiger partial charge >= 0.3 is 0 Å². The lowest BCUT2D eigenvalue weighted by Gasteiger charge is -2.08. The Bertz CT molecular complexity index is 465. The third-order valence-electron chi connectivity index (χ3n) is 2.56. The Morgan fingerprint density at radius 1 is 1.47 bits per heavy atom. The lowest BCUT2D eigenvalue weighted by molar-refractivity contribution is 0.134. The number of nitrogens with zero attached hydrogens (tertiary/aromatic N) is 2. The van der Waals surface area contributed by atoms with Crippen LogP contribution >= 0.6 is 0 Å². The smallest absolute Gasteiger partial charge is 0.0812 e. The van der Waals surface area contributed by atoms with E-state index in [-0.39, 0.29) is 6.61 Å². The average molecular weight is 206 g/mol. The standard InChI is InChI=1S/C11H14N2O2/c1-13-10-3-2-8(11(15)4-5-14)6-9(10)7-12-13/h2-3,6-7,11,14-15H,4-5H2,1H3. The quantitative estimate of drug-likeness (QED) is 0.787. The Kier molecular flexibility index (Phi) is 2.70. The molecular formula is C11H14N2O2. The van der Waals surface area contributed by atoms with Gasteiger partial charge in [-0.1, -0.05) is 6.07 Å². The molecule has 1 aromatic carbocycles. The molecule has 1 atom stereocenters. The highest BCUT2D eigenvalue weighted by Gasteiger charge is 2.08. The zero-order chi connectivity index (χ0) is 10.8. The van der Waals surface area contributed by atoms with Crippen LogP contribution in [0, 0.1) is 0 Å². The second-order valence-electron chi connectivity index (χ2n) is 3.61. The molecule has 2 N–H and O–H groups in total. The minimum Gasteiger partial charge on any atom is -0.396 e. The first-order chi connectivity index (χ1) is 7.22. The first-order valence-electron chi connectivity index (χ1n) is 4.93. The van der Waals surface area contributed by atoms with Gasteiger partial charge in [0.1, 0.15) is 0 Å². The minimum atomic E-state index is -0.598. The van der Waals surface area contributed by atoms with Crippen molar-refractivity contribution in [2.24, 2.45) is 7.05 Å². The van der Waals surface area contributed by atoms with Crippen molar-refractivity contribution in [2.45, 2.75) is 12.5 Å². The summed E-state index contributed by atoms with van der Waals surface area (Å²) in [5, 5.41) is 23.6. The molecule has 0 fully saturated rings. The zero-order valence-electron chi connectivity index (χ0n) is 8.59. The molecule has 1 unspecified atom stereocenters. The Labute approximate surface area is 87.8 Å². The van der Waals surface area contributed by atoms with Gasteiger partial charge in [0.25, 0.3) is 0 Å². The van der Waals surface area contributed by atoms with Crippen LogP contribution in [0.5, 0.6) is 0 Å². The minimum absolute atomic E-state index is 0.00769. The van der Waals surface area contributed by atoms with E-state index in [1.165, 1.54) is 0 Å². The first-order valence-corrected chi connectivity index (χ1v) is 4.93. The van der Waals surface area contributed by atoms with E-state index in [2.05, 4.69) is 5.10 Å². The van der Waals surface area contributed by atoms with E-state index in [4.69, 9.17) is 5.11 Å². The molecule has 0 saturated carbocycles. The molecule has 0 bridgehead atoms. The van der Waals surface area contributed by atoms with Crippen LogP contribution in [-0.2, 0) is 7.05 Å². The van der Waals surface area contributed by atoms with E-state index in [0.29, 0.717) is 6.42 Å². The molecule has 0 aliphatic heterocycles. The molecule has 0 radical (unpaired) electrons. The van der Waals surface area contributed by atoms with E-state index < -0.39 is 6.10 Å². The normalized spacial score (nSPS) is 13.3. The summed E-state index contributed by atoms with van der Waals surface area (Å²) in [5.41, 5.74) is 1.86. The van der Waals surface area contributed by atoms with E-state index >= 15 is 0 Å². The second kappa shape index (κ2) is 4.00. The van der Waals surface area contributed by atoms with E-state index in [9.17, 15) is 5.11 Å². The average Bonchev–Trinajstić information content (AvgIpc) is 2.60. The second-order valence-corrected chi connectivity index (χ2v) is 3.61. The maximum Gasteiger partial charge on any atom is 0.0812 e. The number of aliphatic hydroxyl groups excluding tert-OH is 2. The van der Waals surface area contributed by atoms with E-state index in [0.717, 1.165) is 16.5 Å². The molecule has 1 heterocycles. The van der Waals surface area contributed by atoms with Crippen LogP contribution in [-0.4, -0.2) is 26.6 Å². The van der Waals surface area contributed by atoms with Gasteiger partial charge in [-0.2, -0.15) is 5.10 Å². The topological polar surface area (TPSA) is 58.3 Å².